The molecule has 1 saturated heterocycles. The third-order valence-corrected chi connectivity index (χ3v) is 4.09. The van der Waals surface area contributed by atoms with E-state index < -0.39 is 0 Å². The molecule has 1 amide bonds. The van der Waals surface area contributed by atoms with Gasteiger partial charge in [-0.05, 0) is 59.2 Å². The summed E-state index contributed by atoms with van der Waals surface area (Å²) in [6, 6.07) is 0.413. The summed E-state index contributed by atoms with van der Waals surface area (Å²) in [5, 5.41) is 6.50. The standard InChI is InChI=1S/C15H31N3O/c1-12(2)10-13(18(4)5)11-16-14(19)15(3)8-6-7-9-17-15/h12-13,17H,6-11H2,1-5H3,(H,16,19). The van der Waals surface area contributed by atoms with Crippen LogP contribution in [0.3, 0.4) is 0 Å². The molecule has 1 fully saturated rings. The average Bonchev–Trinajstić information content (AvgIpc) is 2.34. The second-order valence-corrected chi connectivity index (χ2v) is 6.67. The second kappa shape index (κ2) is 7.25. The van der Waals surface area contributed by atoms with Gasteiger partial charge in [-0.15, -0.1) is 0 Å². The van der Waals surface area contributed by atoms with Gasteiger partial charge in [0.25, 0.3) is 0 Å². The summed E-state index contributed by atoms with van der Waals surface area (Å²) in [4.78, 5) is 14.5. The molecule has 1 aliphatic rings. The van der Waals surface area contributed by atoms with E-state index >= 15 is 0 Å². The van der Waals surface area contributed by atoms with E-state index in [9.17, 15) is 4.79 Å². The van der Waals surface area contributed by atoms with Gasteiger partial charge in [-0.1, -0.05) is 13.8 Å². The smallest absolute Gasteiger partial charge is 0.240 e. The molecule has 1 aliphatic heterocycles. The van der Waals surface area contributed by atoms with Crippen LogP contribution in [0.25, 0.3) is 0 Å². The number of nitrogens with one attached hydrogen (secondary N) is 2. The monoisotopic (exact) mass is 269 g/mol. The summed E-state index contributed by atoms with van der Waals surface area (Å²) in [6.45, 7) is 8.16. The number of rotatable bonds is 6. The van der Waals surface area contributed by atoms with Crippen molar-refractivity contribution in [2.45, 2.75) is 58.0 Å². The maximum absolute atomic E-state index is 12.3. The Kier molecular flexibility index (Phi) is 6.27. The molecule has 4 nitrogen and oxygen atoms in total. The lowest BCUT2D eigenvalue weighted by Crippen LogP contribution is -2.58. The Labute approximate surface area is 118 Å². The van der Waals surface area contributed by atoms with Crippen LogP contribution in [-0.4, -0.2) is 49.6 Å². The predicted octanol–water partition coefficient (Wildman–Crippen LogP) is 1.61. The van der Waals surface area contributed by atoms with Crippen molar-refractivity contribution in [3.8, 4) is 0 Å². The van der Waals surface area contributed by atoms with Gasteiger partial charge in [-0.3, -0.25) is 4.79 Å². The van der Waals surface area contributed by atoms with Crippen LogP contribution in [0.4, 0.5) is 0 Å². The number of amides is 1. The maximum atomic E-state index is 12.3. The molecule has 0 saturated carbocycles. The Balaban J connectivity index is 2.46. The Hall–Kier alpha value is -0.610. The average molecular weight is 269 g/mol. The molecular formula is C15H31N3O. The van der Waals surface area contributed by atoms with Crippen LogP contribution in [0, 0.1) is 5.92 Å². The molecule has 0 radical (unpaired) electrons. The van der Waals surface area contributed by atoms with Crippen molar-refractivity contribution in [1.29, 1.82) is 0 Å². The molecule has 4 heteroatoms. The summed E-state index contributed by atoms with van der Waals surface area (Å²) in [5.41, 5.74) is -0.368. The molecule has 0 aliphatic carbocycles. The molecule has 0 aromatic carbocycles. The fourth-order valence-corrected chi connectivity index (χ4v) is 2.68. The van der Waals surface area contributed by atoms with Crippen molar-refractivity contribution < 1.29 is 4.79 Å². The predicted molar refractivity (Wildman–Crippen MR) is 80.2 cm³/mol. The number of carbonyl (C=O) groups excluding carboxylic acids is 1. The molecule has 19 heavy (non-hydrogen) atoms. The normalized spacial score (nSPS) is 25.6. The maximum Gasteiger partial charge on any atom is 0.240 e. The highest BCUT2D eigenvalue weighted by molar-refractivity contribution is 5.86. The minimum atomic E-state index is -0.368. The lowest BCUT2D eigenvalue weighted by Gasteiger charge is -2.34. The van der Waals surface area contributed by atoms with E-state index in [-0.39, 0.29) is 11.4 Å². The van der Waals surface area contributed by atoms with Crippen molar-refractivity contribution in [3.05, 3.63) is 0 Å². The molecule has 2 N–H and O–H groups in total. The molecule has 2 unspecified atom stereocenters. The van der Waals surface area contributed by atoms with Gasteiger partial charge in [0.15, 0.2) is 0 Å². The van der Waals surface area contributed by atoms with E-state index in [1.165, 1.54) is 6.42 Å². The Morgan fingerprint density at radius 3 is 2.53 bits per heavy atom. The molecule has 0 bridgehead atoms. The largest absolute Gasteiger partial charge is 0.353 e. The van der Waals surface area contributed by atoms with E-state index in [1.807, 2.05) is 6.92 Å². The fraction of sp³-hybridized carbons (Fsp3) is 0.933. The van der Waals surface area contributed by atoms with Crippen LogP contribution in [0.5, 0.6) is 0 Å². The highest BCUT2D eigenvalue weighted by atomic mass is 16.2. The lowest BCUT2D eigenvalue weighted by atomic mass is 9.90. The zero-order valence-electron chi connectivity index (χ0n) is 13.3. The molecule has 2 atom stereocenters. The van der Waals surface area contributed by atoms with Crippen molar-refractivity contribution in [1.82, 2.24) is 15.5 Å². The highest BCUT2D eigenvalue weighted by Gasteiger charge is 2.34. The molecule has 0 aromatic rings. The van der Waals surface area contributed by atoms with E-state index in [4.69, 9.17) is 0 Å². The van der Waals surface area contributed by atoms with Gasteiger partial charge in [0.05, 0.1) is 5.54 Å². The van der Waals surface area contributed by atoms with Gasteiger partial charge < -0.3 is 15.5 Å². The Morgan fingerprint density at radius 1 is 1.37 bits per heavy atom. The highest BCUT2D eigenvalue weighted by Crippen LogP contribution is 2.19. The number of likely N-dealkylation sites (N-methyl/N-ethyl adjacent to an activating group) is 1. The third kappa shape index (κ3) is 5.11. The first-order valence-corrected chi connectivity index (χ1v) is 7.55. The minimum Gasteiger partial charge on any atom is -0.353 e. The number of nitrogens with zero attached hydrogens (tertiary/aromatic N) is 1. The Morgan fingerprint density at radius 2 is 2.05 bits per heavy atom. The zero-order valence-corrected chi connectivity index (χ0v) is 13.3. The second-order valence-electron chi connectivity index (χ2n) is 6.67. The summed E-state index contributed by atoms with van der Waals surface area (Å²) >= 11 is 0. The van der Waals surface area contributed by atoms with Gasteiger partial charge in [-0.25, -0.2) is 0 Å². The van der Waals surface area contributed by atoms with Crippen LogP contribution in [0.15, 0.2) is 0 Å². The molecule has 1 heterocycles. The van der Waals surface area contributed by atoms with Crippen molar-refractivity contribution in [2.24, 2.45) is 5.92 Å². The fourth-order valence-electron chi connectivity index (χ4n) is 2.68. The SMILES string of the molecule is CC(C)CC(CNC(=O)C1(C)CCCCN1)N(C)C. The summed E-state index contributed by atoms with van der Waals surface area (Å²) in [7, 11) is 4.17. The first kappa shape index (κ1) is 16.4. The van der Waals surface area contributed by atoms with Crippen molar-refractivity contribution in [2.75, 3.05) is 27.2 Å². The number of hydrogen-bond acceptors (Lipinski definition) is 3. The lowest BCUT2D eigenvalue weighted by molar-refractivity contribution is -0.128. The van der Waals surface area contributed by atoms with Gasteiger partial charge in [0, 0.05) is 12.6 Å². The van der Waals surface area contributed by atoms with Gasteiger partial charge in [0.2, 0.25) is 5.91 Å². The molecule has 1 rings (SSSR count). The summed E-state index contributed by atoms with van der Waals surface area (Å²) in [6.07, 6.45) is 4.36. The summed E-state index contributed by atoms with van der Waals surface area (Å²) < 4.78 is 0. The van der Waals surface area contributed by atoms with Crippen LogP contribution in [-0.2, 0) is 4.79 Å². The molecule has 0 spiro atoms. The first-order chi connectivity index (χ1) is 8.85. The van der Waals surface area contributed by atoms with Gasteiger partial charge >= 0.3 is 0 Å². The number of hydrogen-bond donors (Lipinski definition) is 2. The number of carbonyl (C=O) groups is 1. The van der Waals surface area contributed by atoms with E-state index in [2.05, 4.69) is 43.5 Å². The third-order valence-electron chi connectivity index (χ3n) is 4.09. The zero-order chi connectivity index (χ0) is 14.5. The van der Waals surface area contributed by atoms with Crippen molar-refractivity contribution in [3.63, 3.8) is 0 Å². The quantitative estimate of drug-likeness (QED) is 0.770. The van der Waals surface area contributed by atoms with Gasteiger partial charge in [-0.2, -0.15) is 0 Å². The van der Waals surface area contributed by atoms with Crippen LogP contribution in [0.1, 0.15) is 46.5 Å². The topological polar surface area (TPSA) is 44.4 Å². The van der Waals surface area contributed by atoms with Crippen LogP contribution in [0.2, 0.25) is 0 Å². The molecule has 112 valence electrons. The van der Waals surface area contributed by atoms with E-state index in [0.29, 0.717) is 12.0 Å². The van der Waals surface area contributed by atoms with Crippen molar-refractivity contribution >= 4 is 5.91 Å². The van der Waals surface area contributed by atoms with Crippen LogP contribution >= 0.6 is 0 Å². The van der Waals surface area contributed by atoms with E-state index in [0.717, 1.165) is 32.4 Å². The van der Waals surface area contributed by atoms with Gasteiger partial charge in [0.1, 0.15) is 0 Å². The number of piperidine rings is 1. The molecular weight excluding hydrogens is 238 g/mol. The van der Waals surface area contributed by atoms with E-state index in [1.54, 1.807) is 0 Å². The summed E-state index contributed by atoms with van der Waals surface area (Å²) in [5.74, 6) is 0.801. The first-order valence-electron chi connectivity index (χ1n) is 7.55. The van der Waals surface area contributed by atoms with Crippen LogP contribution < -0.4 is 10.6 Å². The molecule has 0 aromatic heterocycles. The Bertz CT molecular complexity index is 283. The minimum absolute atomic E-state index is 0.155.